The van der Waals surface area contributed by atoms with E-state index in [1.54, 1.807) is 7.11 Å². The third-order valence-electron chi connectivity index (χ3n) is 6.80. The molecule has 2 aliphatic rings. The summed E-state index contributed by atoms with van der Waals surface area (Å²) in [5, 5.41) is 3.31. The summed E-state index contributed by atoms with van der Waals surface area (Å²) in [6.07, 6.45) is 4.20. The summed E-state index contributed by atoms with van der Waals surface area (Å²) in [4.78, 5) is 15.2. The van der Waals surface area contributed by atoms with Crippen molar-refractivity contribution in [3.05, 3.63) is 47.0 Å². The van der Waals surface area contributed by atoms with Crippen molar-refractivity contribution in [3.8, 4) is 0 Å². The Bertz CT molecular complexity index is 751. The van der Waals surface area contributed by atoms with Crippen molar-refractivity contribution in [1.29, 1.82) is 0 Å². The first-order valence-electron chi connectivity index (χ1n) is 11.3. The van der Waals surface area contributed by atoms with Gasteiger partial charge in [-0.05, 0) is 50.9 Å². The standard InChI is InChI=1S/C25H38N2O3/c1-6-19(4)17-27-13-11-25(12-14-27)21-10-8-7-9-20(21)22(26-24(28)18(2)3)23(25)30-16-15-29-5/h6-10,18,22-23H,11-17H2,1-5H3,(H,26,28)/t22-,23+/m1/s1. The van der Waals surface area contributed by atoms with Gasteiger partial charge in [-0.25, -0.2) is 0 Å². The fraction of sp³-hybridized carbons (Fsp3) is 0.640. The molecule has 166 valence electrons. The van der Waals surface area contributed by atoms with E-state index in [2.05, 4.69) is 54.4 Å². The molecule has 1 saturated heterocycles. The molecule has 2 atom stereocenters. The van der Waals surface area contributed by atoms with Crippen LogP contribution in [-0.4, -0.2) is 56.9 Å². The normalized spacial score (nSPS) is 23.7. The van der Waals surface area contributed by atoms with E-state index in [-0.39, 0.29) is 29.4 Å². The lowest BCUT2D eigenvalue weighted by molar-refractivity contribution is -0.127. The molecular formula is C25H38N2O3. The Morgan fingerprint density at radius 2 is 1.97 bits per heavy atom. The minimum Gasteiger partial charge on any atom is -0.382 e. The van der Waals surface area contributed by atoms with Gasteiger partial charge in [0.1, 0.15) is 0 Å². The molecule has 0 aromatic heterocycles. The van der Waals surface area contributed by atoms with Crippen LogP contribution in [-0.2, 0) is 19.7 Å². The fourth-order valence-electron chi connectivity index (χ4n) is 4.95. The number of nitrogens with zero attached hydrogens (tertiary/aromatic N) is 1. The zero-order valence-electron chi connectivity index (χ0n) is 19.2. The van der Waals surface area contributed by atoms with Crippen LogP contribution >= 0.6 is 0 Å². The lowest BCUT2D eigenvalue weighted by Gasteiger charge is -2.44. The van der Waals surface area contributed by atoms with Crippen LogP contribution in [0.5, 0.6) is 0 Å². The van der Waals surface area contributed by atoms with Crippen LogP contribution in [0.1, 0.15) is 57.7 Å². The predicted octanol–water partition coefficient (Wildman–Crippen LogP) is 3.84. The number of hydrogen-bond acceptors (Lipinski definition) is 4. The molecule has 1 heterocycles. The molecule has 30 heavy (non-hydrogen) atoms. The first kappa shape index (κ1) is 23.0. The first-order chi connectivity index (χ1) is 14.4. The lowest BCUT2D eigenvalue weighted by Crippen LogP contribution is -2.51. The number of benzene rings is 1. The molecule has 1 fully saturated rings. The largest absolute Gasteiger partial charge is 0.382 e. The number of amides is 1. The number of carbonyl (C=O) groups is 1. The molecule has 0 saturated carbocycles. The van der Waals surface area contributed by atoms with Crippen molar-refractivity contribution in [2.75, 3.05) is 40.0 Å². The number of ether oxygens (including phenoxy) is 2. The van der Waals surface area contributed by atoms with Crippen LogP contribution in [0, 0.1) is 5.92 Å². The van der Waals surface area contributed by atoms with Crippen LogP contribution in [0.2, 0.25) is 0 Å². The summed E-state index contributed by atoms with van der Waals surface area (Å²) < 4.78 is 11.7. The molecule has 5 nitrogen and oxygen atoms in total. The van der Waals surface area contributed by atoms with Gasteiger partial charge in [-0.15, -0.1) is 0 Å². The SMILES string of the molecule is CC=C(C)CN1CCC2(CC1)c1ccccc1[C@@H](NC(=O)C(C)C)[C@@H]2OCCOC. The van der Waals surface area contributed by atoms with Gasteiger partial charge in [-0.2, -0.15) is 0 Å². The van der Waals surface area contributed by atoms with Crippen molar-refractivity contribution in [1.82, 2.24) is 10.2 Å². The zero-order chi connectivity index (χ0) is 21.7. The highest BCUT2D eigenvalue weighted by Crippen LogP contribution is 2.52. The van der Waals surface area contributed by atoms with E-state index in [0.717, 1.165) is 32.5 Å². The molecule has 1 aromatic carbocycles. The second-order valence-electron chi connectivity index (χ2n) is 9.08. The first-order valence-corrected chi connectivity index (χ1v) is 11.3. The molecule has 1 N–H and O–H groups in total. The van der Waals surface area contributed by atoms with Gasteiger partial charge in [0.25, 0.3) is 0 Å². The quantitative estimate of drug-likeness (QED) is 0.519. The van der Waals surface area contributed by atoms with Gasteiger partial charge in [0.15, 0.2) is 0 Å². The molecule has 1 spiro atoms. The molecule has 1 aliphatic heterocycles. The Morgan fingerprint density at radius 3 is 2.60 bits per heavy atom. The van der Waals surface area contributed by atoms with Crippen LogP contribution in [0.4, 0.5) is 0 Å². The van der Waals surface area contributed by atoms with E-state index in [1.807, 2.05) is 13.8 Å². The maximum atomic E-state index is 12.7. The van der Waals surface area contributed by atoms with Gasteiger partial charge in [0, 0.05) is 25.0 Å². The van der Waals surface area contributed by atoms with Crippen LogP contribution in [0.3, 0.4) is 0 Å². The van der Waals surface area contributed by atoms with Crippen LogP contribution in [0.25, 0.3) is 0 Å². The van der Waals surface area contributed by atoms with E-state index in [1.165, 1.54) is 16.7 Å². The summed E-state index contributed by atoms with van der Waals surface area (Å²) >= 11 is 0. The fourth-order valence-corrected chi connectivity index (χ4v) is 4.95. The Hall–Kier alpha value is -1.69. The highest BCUT2D eigenvalue weighted by atomic mass is 16.5. The topological polar surface area (TPSA) is 50.8 Å². The molecule has 1 aromatic rings. The van der Waals surface area contributed by atoms with Gasteiger partial charge in [0.2, 0.25) is 5.91 Å². The summed E-state index contributed by atoms with van der Waals surface area (Å²) in [6.45, 7) is 12.4. The monoisotopic (exact) mass is 414 g/mol. The number of rotatable bonds is 8. The second kappa shape index (κ2) is 10.1. The number of piperidine rings is 1. The predicted molar refractivity (Wildman–Crippen MR) is 121 cm³/mol. The van der Waals surface area contributed by atoms with Gasteiger partial charge < -0.3 is 14.8 Å². The molecule has 3 rings (SSSR count). The van der Waals surface area contributed by atoms with Crippen LogP contribution < -0.4 is 5.32 Å². The van der Waals surface area contributed by atoms with E-state index >= 15 is 0 Å². The Balaban J connectivity index is 1.90. The van der Waals surface area contributed by atoms with Gasteiger partial charge >= 0.3 is 0 Å². The summed E-state index contributed by atoms with van der Waals surface area (Å²) in [5.41, 5.74) is 3.91. The van der Waals surface area contributed by atoms with Crippen molar-refractivity contribution < 1.29 is 14.3 Å². The summed E-state index contributed by atoms with van der Waals surface area (Å²) in [6, 6.07) is 8.49. The highest BCUT2D eigenvalue weighted by Gasteiger charge is 2.54. The summed E-state index contributed by atoms with van der Waals surface area (Å²) in [7, 11) is 1.70. The van der Waals surface area contributed by atoms with Gasteiger partial charge in [-0.3, -0.25) is 9.69 Å². The highest BCUT2D eigenvalue weighted by molar-refractivity contribution is 5.78. The smallest absolute Gasteiger partial charge is 0.223 e. The Morgan fingerprint density at radius 1 is 1.27 bits per heavy atom. The lowest BCUT2D eigenvalue weighted by atomic mass is 9.71. The van der Waals surface area contributed by atoms with E-state index in [4.69, 9.17) is 9.47 Å². The van der Waals surface area contributed by atoms with Crippen molar-refractivity contribution in [2.45, 2.75) is 58.1 Å². The van der Waals surface area contributed by atoms with Gasteiger partial charge in [0.05, 0.1) is 25.4 Å². The number of nitrogens with one attached hydrogen (secondary N) is 1. The number of fused-ring (bicyclic) bond motifs is 2. The number of carbonyl (C=O) groups excluding carboxylic acids is 1. The molecule has 0 unspecified atom stereocenters. The average molecular weight is 415 g/mol. The third-order valence-corrected chi connectivity index (χ3v) is 6.80. The molecule has 5 heteroatoms. The maximum absolute atomic E-state index is 12.7. The third kappa shape index (κ3) is 4.63. The van der Waals surface area contributed by atoms with E-state index in [9.17, 15) is 4.79 Å². The molecular weight excluding hydrogens is 376 g/mol. The second-order valence-corrected chi connectivity index (χ2v) is 9.08. The molecule has 0 radical (unpaired) electrons. The zero-order valence-corrected chi connectivity index (χ0v) is 19.2. The van der Waals surface area contributed by atoms with Crippen LogP contribution in [0.15, 0.2) is 35.9 Å². The summed E-state index contributed by atoms with van der Waals surface area (Å²) in [5.74, 6) is 0.0207. The average Bonchev–Trinajstić information content (AvgIpc) is 2.99. The van der Waals surface area contributed by atoms with Gasteiger partial charge in [-0.1, -0.05) is 49.8 Å². The van der Waals surface area contributed by atoms with E-state index < -0.39 is 0 Å². The molecule has 1 aliphatic carbocycles. The number of likely N-dealkylation sites (tertiary alicyclic amines) is 1. The Kier molecular flexibility index (Phi) is 7.72. The Labute approximate surface area is 181 Å². The van der Waals surface area contributed by atoms with Crippen molar-refractivity contribution in [2.24, 2.45) is 5.92 Å². The van der Waals surface area contributed by atoms with Crippen molar-refractivity contribution >= 4 is 5.91 Å². The van der Waals surface area contributed by atoms with E-state index in [0.29, 0.717) is 13.2 Å². The number of allylic oxidation sites excluding steroid dienone is 1. The molecule has 1 amide bonds. The molecule has 0 bridgehead atoms. The maximum Gasteiger partial charge on any atom is 0.223 e. The number of hydrogen-bond donors (Lipinski definition) is 1. The minimum atomic E-state index is -0.114. The number of methoxy groups -OCH3 is 1. The minimum absolute atomic E-state index is 0.0565. The van der Waals surface area contributed by atoms with Crippen molar-refractivity contribution in [3.63, 3.8) is 0 Å².